The Kier molecular flexibility index (Phi) is 7.46. The Bertz CT molecular complexity index is 188. The second-order valence-corrected chi connectivity index (χ2v) is 6.88. The third-order valence-electron chi connectivity index (χ3n) is 2.38. The lowest BCUT2D eigenvalue weighted by atomic mass is 10.2. The Hall–Kier alpha value is 0.117. The summed E-state index contributed by atoms with van der Waals surface area (Å²) in [5.74, 6) is 0.143. The summed E-state index contributed by atoms with van der Waals surface area (Å²) >= 11 is 4.24. The van der Waals surface area contributed by atoms with E-state index in [1.54, 1.807) is 21.3 Å². The van der Waals surface area contributed by atoms with Gasteiger partial charge < -0.3 is 13.3 Å². The quantitative estimate of drug-likeness (QED) is 0.526. The highest BCUT2D eigenvalue weighted by molar-refractivity contribution is 7.81. The number of ketones is 1. The Balaban J connectivity index is 4.16. The van der Waals surface area contributed by atoms with Gasteiger partial charge in [-0.15, -0.1) is 0 Å². The van der Waals surface area contributed by atoms with Crippen LogP contribution >= 0.6 is 12.6 Å². The van der Waals surface area contributed by atoms with Gasteiger partial charge in [-0.2, -0.15) is 12.6 Å². The smallest absolute Gasteiger partial charge is 0.377 e. The molecule has 0 fully saturated rings. The van der Waals surface area contributed by atoms with Crippen LogP contribution in [0.15, 0.2) is 0 Å². The van der Waals surface area contributed by atoms with Crippen molar-refractivity contribution in [3.05, 3.63) is 0 Å². The monoisotopic (exact) mass is 252 g/mol. The maximum atomic E-state index is 11.3. The Morgan fingerprint density at radius 2 is 1.73 bits per heavy atom. The zero-order valence-corrected chi connectivity index (χ0v) is 11.7. The van der Waals surface area contributed by atoms with Crippen molar-refractivity contribution in [3.8, 4) is 0 Å². The summed E-state index contributed by atoms with van der Waals surface area (Å²) in [6.07, 6.45) is 1.13. The van der Waals surface area contributed by atoms with E-state index in [1.165, 1.54) is 0 Å². The van der Waals surface area contributed by atoms with Gasteiger partial charge in [0.25, 0.3) is 0 Å². The fraction of sp³-hybridized carbons (Fsp3) is 0.889. The van der Waals surface area contributed by atoms with E-state index in [0.29, 0.717) is 18.9 Å². The van der Waals surface area contributed by atoms with Crippen molar-refractivity contribution in [1.82, 2.24) is 0 Å². The maximum Gasteiger partial charge on any atom is 0.500 e. The van der Waals surface area contributed by atoms with Crippen LogP contribution in [0.1, 0.15) is 19.8 Å². The number of carbonyl (C=O) groups excluding carboxylic acids is 1. The van der Waals surface area contributed by atoms with Gasteiger partial charge in [-0.25, -0.2) is 0 Å². The molecule has 0 N–H and O–H groups in total. The lowest BCUT2D eigenvalue weighted by Crippen LogP contribution is -2.43. The van der Waals surface area contributed by atoms with E-state index < -0.39 is 8.80 Å². The van der Waals surface area contributed by atoms with Crippen LogP contribution in [0.25, 0.3) is 0 Å². The first-order valence-corrected chi connectivity index (χ1v) is 7.36. The van der Waals surface area contributed by atoms with E-state index >= 15 is 0 Å². The molecule has 0 saturated heterocycles. The van der Waals surface area contributed by atoms with E-state index in [4.69, 9.17) is 13.3 Å². The van der Waals surface area contributed by atoms with Crippen LogP contribution in [-0.2, 0) is 18.1 Å². The summed E-state index contributed by atoms with van der Waals surface area (Å²) in [6.45, 7) is 1.83. The van der Waals surface area contributed by atoms with E-state index in [2.05, 4.69) is 12.6 Å². The predicted octanol–water partition coefficient (Wildman–Crippen LogP) is 1.53. The molecule has 0 aliphatic rings. The Morgan fingerprint density at radius 1 is 1.27 bits per heavy atom. The normalized spacial score (nSPS) is 13.9. The lowest BCUT2D eigenvalue weighted by molar-refractivity contribution is -0.118. The third kappa shape index (κ3) is 4.65. The van der Waals surface area contributed by atoms with Crippen LogP contribution in [0.2, 0.25) is 6.04 Å². The molecule has 0 rings (SSSR count). The molecule has 4 nitrogen and oxygen atoms in total. The van der Waals surface area contributed by atoms with Gasteiger partial charge in [-0.05, 0) is 6.42 Å². The van der Waals surface area contributed by atoms with Gasteiger partial charge in [0.1, 0.15) is 5.78 Å². The topological polar surface area (TPSA) is 44.8 Å². The molecular weight excluding hydrogens is 232 g/mol. The number of Topliss-reactive ketones (excluding diaryl/α,β-unsaturated/α-hetero) is 1. The minimum absolute atomic E-state index is 0.143. The predicted molar refractivity (Wildman–Crippen MR) is 64.3 cm³/mol. The largest absolute Gasteiger partial charge is 0.500 e. The molecule has 0 amide bonds. The van der Waals surface area contributed by atoms with Crippen molar-refractivity contribution < 1.29 is 18.1 Å². The molecule has 0 spiro atoms. The van der Waals surface area contributed by atoms with E-state index in [-0.39, 0.29) is 11.0 Å². The summed E-state index contributed by atoms with van der Waals surface area (Å²) < 4.78 is 15.7. The number of rotatable bonds is 8. The van der Waals surface area contributed by atoms with E-state index in [9.17, 15) is 4.79 Å². The number of thiol groups is 1. The summed E-state index contributed by atoms with van der Waals surface area (Å²) in [5, 5.41) is -0.248. The Morgan fingerprint density at radius 3 is 2.07 bits per heavy atom. The number of hydrogen-bond donors (Lipinski definition) is 1. The van der Waals surface area contributed by atoms with Crippen molar-refractivity contribution in [1.29, 1.82) is 0 Å². The highest BCUT2D eigenvalue weighted by Crippen LogP contribution is 2.19. The molecule has 0 heterocycles. The molecule has 0 aromatic rings. The van der Waals surface area contributed by atoms with Gasteiger partial charge in [0, 0.05) is 33.8 Å². The first kappa shape index (κ1) is 15.1. The minimum Gasteiger partial charge on any atom is -0.377 e. The minimum atomic E-state index is -2.54. The van der Waals surface area contributed by atoms with Crippen molar-refractivity contribution >= 4 is 27.2 Å². The molecule has 0 aliphatic carbocycles. The zero-order chi connectivity index (χ0) is 11.9. The van der Waals surface area contributed by atoms with Crippen molar-refractivity contribution in [2.75, 3.05) is 21.3 Å². The molecule has 1 unspecified atom stereocenters. The molecule has 0 bridgehead atoms. The van der Waals surface area contributed by atoms with E-state index in [1.807, 2.05) is 6.92 Å². The molecule has 0 radical (unpaired) electrons. The average Bonchev–Trinajstić information content (AvgIpc) is 2.30. The fourth-order valence-electron chi connectivity index (χ4n) is 1.27. The lowest BCUT2D eigenvalue weighted by Gasteiger charge is -2.25. The van der Waals surface area contributed by atoms with Gasteiger partial charge in [0.2, 0.25) is 0 Å². The summed E-state index contributed by atoms with van der Waals surface area (Å²) in [5.41, 5.74) is 0. The second kappa shape index (κ2) is 7.40. The van der Waals surface area contributed by atoms with Gasteiger partial charge in [0.15, 0.2) is 0 Å². The summed E-state index contributed by atoms with van der Waals surface area (Å²) in [7, 11) is 2.15. The molecule has 90 valence electrons. The standard InChI is InChI=1S/C9H20O4SSi/c1-5-8(10)9(14)6-7-15(11-2,12-3)13-4/h9,14H,5-7H2,1-4H3. The average molecular weight is 252 g/mol. The summed E-state index contributed by atoms with van der Waals surface area (Å²) in [6, 6.07) is 0.608. The first-order valence-electron chi connectivity index (χ1n) is 4.91. The molecule has 0 saturated carbocycles. The number of hydrogen-bond acceptors (Lipinski definition) is 5. The van der Waals surface area contributed by atoms with Crippen LogP contribution in [0.5, 0.6) is 0 Å². The van der Waals surface area contributed by atoms with Crippen LogP contribution in [0.4, 0.5) is 0 Å². The first-order chi connectivity index (χ1) is 7.05. The molecule has 6 heteroatoms. The Labute approximate surface area is 98.1 Å². The van der Waals surface area contributed by atoms with Gasteiger partial charge in [-0.1, -0.05) is 6.92 Å². The van der Waals surface area contributed by atoms with Crippen molar-refractivity contribution in [2.24, 2.45) is 0 Å². The van der Waals surface area contributed by atoms with Gasteiger partial charge >= 0.3 is 8.80 Å². The second-order valence-electron chi connectivity index (χ2n) is 3.17. The highest BCUT2D eigenvalue weighted by atomic mass is 32.1. The van der Waals surface area contributed by atoms with Crippen molar-refractivity contribution in [3.63, 3.8) is 0 Å². The molecule has 0 aromatic carbocycles. The maximum absolute atomic E-state index is 11.3. The highest BCUT2D eigenvalue weighted by Gasteiger charge is 2.38. The van der Waals surface area contributed by atoms with Crippen LogP contribution in [0, 0.1) is 0 Å². The zero-order valence-electron chi connectivity index (χ0n) is 9.78. The summed E-state index contributed by atoms with van der Waals surface area (Å²) in [4.78, 5) is 11.3. The molecule has 0 aliphatic heterocycles. The number of carbonyl (C=O) groups is 1. The SMILES string of the molecule is CCC(=O)C(S)CC[Si](OC)(OC)OC. The molecule has 0 aromatic heterocycles. The van der Waals surface area contributed by atoms with Crippen molar-refractivity contribution in [2.45, 2.75) is 31.1 Å². The molecular formula is C9H20O4SSi. The van der Waals surface area contributed by atoms with Crippen LogP contribution in [0.3, 0.4) is 0 Å². The van der Waals surface area contributed by atoms with Gasteiger partial charge in [0.05, 0.1) is 5.25 Å². The fourth-order valence-corrected chi connectivity index (χ4v) is 3.58. The molecule has 1 atom stereocenters. The molecule has 15 heavy (non-hydrogen) atoms. The van der Waals surface area contributed by atoms with Gasteiger partial charge in [-0.3, -0.25) is 4.79 Å². The van der Waals surface area contributed by atoms with Crippen LogP contribution < -0.4 is 0 Å². The third-order valence-corrected chi connectivity index (χ3v) is 5.69. The van der Waals surface area contributed by atoms with E-state index in [0.717, 1.165) is 0 Å². The van der Waals surface area contributed by atoms with Crippen LogP contribution in [-0.4, -0.2) is 41.2 Å².